The summed E-state index contributed by atoms with van der Waals surface area (Å²) in [7, 11) is 0. The Morgan fingerprint density at radius 3 is 2.29 bits per heavy atom. The second-order valence-electron chi connectivity index (χ2n) is 6.30. The molecule has 1 fully saturated rings. The van der Waals surface area contributed by atoms with Gasteiger partial charge in [-0.15, -0.1) is 0 Å². The Hall–Kier alpha value is -1.79. The molecule has 7 nitrogen and oxygen atoms in total. The highest BCUT2D eigenvalue weighted by Gasteiger charge is 2.26. The van der Waals surface area contributed by atoms with Gasteiger partial charge in [-0.05, 0) is 44.4 Å². The second-order valence-corrected chi connectivity index (χ2v) is 6.30. The molecule has 0 aromatic heterocycles. The molecule has 1 amide bonds. The molecule has 0 heterocycles. The van der Waals surface area contributed by atoms with Crippen LogP contribution in [0.1, 0.15) is 65.2 Å². The van der Waals surface area contributed by atoms with Gasteiger partial charge in [-0.1, -0.05) is 13.8 Å². The van der Waals surface area contributed by atoms with Crippen molar-refractivity contribution in [2.24, 2.45) is 11.8 Å². The lowest BCUT2D eigenvalue weighted by Gasteiger charge is -2.26. The second kappa shape index (κ2) is 10.9. The number of alkyl carbamates (subject to hydrolysis) is 1. The molecule has 2 N–H and O–H groups in total. The first-order chi connectivity index (χ1) is 11.5. The summed E-state index contributed by atoms with van der Waals surface area (Å²) in [4.78, 5) is 34.3. The number of carbonyl (C=O) groups is 3. The zero-order chi connectivity index (χ0) is 17.9. The Morgan fingerprint density at radius 1 is 1.08 bits per heavy atom. The fourth-order valence-electron chi connectivity index (χ4n) is 2.79. The zero-order valence-corrected chi connectivity index (χ0v) is 14.6. The van der Waals surface area contributed by atoms with E-state index < -0.39 is 18.4 Å². The third-order valence-corrected chi connectivity index (χ3v) is 4.21. The highest BCUT2D eigenvalue weighted by Crippen LogP contribution is 2.28. The van der Waals surface area contributed by atoms with Crippen LogP contribution in [0.2, 0.25) is 0 Å². The molecule has 24 heavy (non-hydrogen) atoms. The topological polar surface area (TPSA) is 102 Å². The first-order valence-electron chi connectivity index (χ1n) is 8.83. The van der Waals surface area contributed by atoms with Gasteiger partial charge in [0.25, 0.3) is 0 Å². The van der Waals surface area contributed by atoms with Crippen molar-refractivity contribution in [3.05, 3.63) is 0 Å². The lowest BCUT2D eigenvalue weighted by atomic mass is 9.82. The van der Waals surface area contributed by atoms with Crippen LogP contribution in [-0.4, -0.2) is 36.0 Å². The molecule has 138 valence electrons. The smallest absolute Gasteiger partial charge is 0.410 e. The Labute approximate surface area is 143 Å². The molecule has 0 aliphatic heterocycles. The molecule has 1 rings (SSSR count). The molecule has 7 heteroatoms. The highest BCUT2D eigenvalue weighted by molar-refractivity contribution is 5.71. The van der Waals surface area contributed by atoms with Gasteiger partial charge in [0.2, 0.25) is 6.29 Å². The molecule has 0 aromatic rings. The predicted octanol–water partition coefficient (Wildman–Crippen LogP) is 3.07. The van der Waals surface area contributed by atoms with Crippen molar-refractivity contribution in [1.29, 1.82) is 0 Å². The third kappa shape index (κ3) is 7.66. The normalized spacial score (nSPS) is 21.6. The number of esters is 1. The fourth-order valence-corrected chi connectivity index (χ4v) is 2.79. The van der Waals surface area contributed by atoms with Gasteiger partial charge in [0.15, 0.2) is 0 Å². The third-order valence-electron chi connectivity index (χ3n) is 4.21. The van der Waals surface area contributed by atoms with Crippen LogP contribution in [0.15, 0.2) is 0 Å². The number of amides is 1. The molecule has 1 aliphatic rings. The van der Waals surface area contributed by atoms with Crippen molar-refractivity contribution in [1.82, 2.24) is 5.32 Å². The van der Waals surface area contributed by atoms with Crippen LogP contribution in [0.3, 0.4) is 0 Å². The van der Waals surface area contributed by atoms with Crippen molar-refractivity contribution in [3.8, 4) is 0 Å². The van der Waals surface area contributed by atoms with Gasteiger partial charge in [0.1, 0.15) is 0 Å². The maximum Gasteiger partial charge on any atom is 0.410 e. The monoisotopic (exact) mass is 343 g/mol. The molecule has 1 atom stereocenters. The lowest BCUT2D eigenvalue weighted by molar-refractivity contribution is -0.168. The van der Waals surface area contributed by atoms with E-state index in [0.29, 0.717) is 38.6 Å². The maximum atomic E-state index is 11.9. The van der Waals surface area contributed by atoms with E-state index >= 15 is 0 Å². The molecule has 0 radical (unpaired) electrons. The molecule has 0 bridgehead atoms. The quantitative estimate of drug-likeness (QED) is 0.493. The number of rotatable bonds is 9. The van der Waals surface area contributed by atoms with E-state index in [0.717, 1.165) is 19.3 Å². The summed E-state index contributed by atoms with van der Waals surface area (Å²) in [6.45, 7) is 4.25. The summed E-state index contributed by atoms with van der Waals surface area (Å²) in [5, 5.41) is 11.7. The van der Waals surface area contributed by atoms with Gasteiger partial charge in [-0.25, -0.2) is 4.79 Å². The van der Waals surface area contributed by atoms with E-state index in [-0.39, 0.29) is 17.8 Å². The molecular formula is C17H29NO6. The fraction of sp³-hybridized carbons (Fsp3) is 0.824. The van der Waals surface area contributed by atoms with Gasteiger partial charge in [0.05, 0.1) is 5.92 Å². The van der Waals surface area contributed by atoms with Crippen LogP contribution >= 0.6 is 0 Å². The number of carboxylic acids is 1. The molecule has 1 aliphatic carbocycles. The molecule has 1 saturated carbocycles. The van der Waals surface area contributed by atoms with Crippen LogP contribution in [0, 0.1) is 11.8 Å². The first kappa shape index (κ1) is 20.3. The maximum absolute atomic E-state index is 11.9. The van der Waals surface area contributed by atoms with Crippen LogP contribution in [0.4, 0.5) is 4.79 Å². The molecule has 0 aromatic carbocycles. The van der Waals surface area contributed by atoms with Gasteiger partial charge in [0, 0.05) is 19.4 Å². The van der Waals surface area contributed by atoms with E-state index in [9.17, 15) is 14.4 Å². The number of nitrogens with one attached hydrogen (secondary N) is 1. The SMILES string of the molecule is CCCC(=O)OC(CCC)OC(=O)NCC1CCC(C(=O)O)CC1. The van der Waals surface area contributed by atoms with Gasteiger partial charge < -0.3 is 19.9 Å². The van der Waals surface area contributed by atoms with Crippen molar-refractivity contribution in [2.45, 2.75) is 71.5 Å². The van der Waals surface area contributed by atoms with Crippen molar-refractivity contribution in [2.75, 3.05) is 6.54 Å². The highest BCUT2D eigenvalue weighted by atomic mass is 16.7. The first-order valence-corrected chi connectivity index (χ1v) is 8.83. The molecule has 0 spiro atoms. The van der Waals surface area contributed by atoms with Crippen LogP contribution in [-0.2, 0) is 19.1 Å². The van der Waals surface area contributed by atoms with Crippen molar-refractivity contribution in [3.63, 3.8) is 0 Å². The summed E-state index contributed by atoms with van der Waals surface area (Å²) in [5.74, 6) is -1.10. The largest absolute Gasteiger partial charge is 0.481 e. The standard InChI is InChI=1S/C17H29NO6/c1-3-5-14(19)23-15(6-4-2)24-17(22)18-11-12-7-9-13(10-8-12)16(20)21/h12-13,15H,3-11H2,1-2H3,(H,18,22)(H,20,21). The van der Waals surface area contributed by atoms with Crippen LogP contribution in [0.25, 0.3) is 0 Å². The van der Waals surface area contributed by atoms with Crippen LogP contribution in [0.5, 0.6) is 0 Å². The van der Waals surface area contributed by atoms with Crippen LogP contribution < -0.4 is 5.32 Å². The van der Waals surface area contributed by atoms with Crippen molar-refractivity contribution >= 4 is 18.0 Å². The van der Waals surface area contributed by atoms with Gasteiger partial charge >= 0.3 is 18.0 Å². The Morgan fingerprint density at radius 2 is 1.75 bits per heavy atom. The molecular weight excluding hydrogens is 314 g/mol. The number of ether oxygens (including phenoxy) is 2. The minimum absolute atomic E-state index is 0.264. The summed E-state index contributed by atoms with van der Waals surface area (Å²) in [6.07, 6.45) is 3.58. The lowest BCUT2D eigenvalue weighted by Crippen LogP contribution is -2.35. The Bertz CT molecular complexity index is 417. The Kier molecular flexibility index (Phi) is 9.19. The predicted molar refractivity (Wildman–Crippen MR) is 87.3 cm³/mol. The zero-order valence-electron chi connectivity index (χ0n) is 14.6. The van der Waals surface area contributed by atoms with Gasteiger partial charge in [-0.2, -0.15) is 0 Å². The summed E-state index contributed by atoms with van der Waals surface area (Å²) in [5.41, 5.74) is 0. The summed E-state index contributed by atoms with van der Waals surface area (Å²) < 4.78 is 10.3. The van der Waals surface area contributed by atoms with Gasteiger partial charge in [-0.3, -0.25) is 9.59 Å². The van der Waals surface area contributed by atoms with E-state index in [1.54, 1.807) is 0 Å². The minimum Gasteiger partial charge on any atom is -0.481 e. The average molecular weight is 343 g/mol. The van der Waals surface area contributed by atoms with E-state index in [4.69, 9.17) is 14.6 Å². The van der Waals surface area contributed by atoms with Crippen molar-refractivity contribution < 1.29 is 29.0 Å². The van der Waals surface area contributed by atoms with E-state index in [1.165, 1.54) is 0 Å². The number of hydrogen-bond acceptors (Lipinski definition) is 5. The number of aliphatic carboxylic acids is 1. The summed E-state index contributed by atoms with van der Waals surface area (Å²) in [6, 6.07) is 0. The molecule has 1 unspecified atom stereocenters. The number of carboxylic acid groups (broad SMARTS) is 1. The Balaban J connectivity index is 2.30. The van der Waals surface area contributed by atoms with E-state index in [2.05, 4.69) is 5.32 Å². The molecule has 0 saturated heterocycles. The van der Waals surface area contributed by atoms with E-state index in [1.807, 2.05) is 13.8 Å². The number of carbonyl (C=O) groups excluding carboxylic acids is 2. The average Bonchev–Trinajstić information content (AvgIpc) is 2.53. The summed E-state index contributed by atoms with van der Waals surface area (Å²) >= 11 is 0. The number of hydrogen-bond donors (Lipinski definition) is 2. The minimum atomic E-state index is -0.850.